The van der Waals surface area contributed by atoms with Crippen molar-refractivity contribution in [3.63, 3.8) is 0 Å². The summed E-state index contributed by atoms with van der Waals surface area (Å²) in [6.07, 6.45) is 5.61. The number of halogens is 3. The number of carbonyl (C=O) groups excluding carboxylic acids is 6. The van der Waals surface area contributed by atoms with E-state index in [4.69, 9.17) is 57.2 Å². The molecule has 1 fully saturated rings. The van der Waals surface area contributed by atoms with E-state index in [-0.39, 0.29) is 119 Å². The number of imide groups is 1. The van der Waals surface area contributed by atoms with E-state index in [1.54, 1.807) is 57.9 Å². The number of nitrogens with two attached hydrogens (primary N) is 4. The fraction of sp³-hybridized carbons (Fsp3) is 0.449. The van der Waals surface area contributed by atoms with Crippen LogP contribution in [0, 0.1) is 30.6 Å². The van der Waals surface area contributed by atoms with E-state index in [1.165, 1.54) is 41.5 Å². The Morgan fingerprint density at radius 1 is 0.566 bits per heavy atom. The van der Waals surface area contributed by atoms with Gasteiger partial charge in [0.05, 0.1) is 22.7 Å². The van der Waals surface area contributed by atoms with Crippen molar-refractivity contribution < 1.29 is 66.0 Å². The zero-order valence-corrected chi connectivity index (χ0v) is 66.2. The van der Waals surface area contributed by atoms with Crippen LogP contribution in [0.25, 0.3) is 0 Å². The molecule has 552 valence electrons. The number of amides is 3. The molecule has 9 N–H and O–H groups in total. The van der Waals surface area contributed by atoms with Gasteiger partial charge in [0, 0.05) is 144 Å². The fourth-order valence-corrected chi connectivity index (χ4v) is 12.3. The molecule has 4 aromatic heterocycles. The minimum atomic E-state index is -3.87. The molecule has 5 heterocycles. The van der Waals surface area contributed by atoms with E-state index in [2.05, 4.69) is 89.8 Å². The molecule has 1 saturated heterocycles. The topological polar surface area (TPSA) is 348 Å². The summed E-state index contributed by atoms with van der Waals surface area (Å²) in [5.74, 6) is 0.0691. The second-order valence-corrected chi connectivity index (χ2v) is 31.4. The van der Waals surface area contributed by atoms with Gasteiger partial charge in [0.25, 0.3) is 15.0 Å². The summed E-state index contributed by atoms with van der Waals surface area (Å²) in [5.41, 5.74) is 27.4. The average Bonchev–Trinajstić information content (AvgIpc) is 1.78. The molecular weight excluding hydrogens is 1500 g/mol. The van der Waals surface area contributed by atoms with Crippen LogP contribution in [0.1, 0.15) is 191 Å². The van der Waals surface area contributed by atoms with Crippen LogP contribution in [0.4, 0.5) is 27.5 Å². The number of nitrogen functional groups attached to an aromatic ring is 4. The van der Waals surface area contributed by atoms with E-state index in [0.29, 0.717) is 39.3 Å². The zero-order valence-electron chi connectivity index (χ0n) is 59.1. The first kappa shape index (κ1) is 95.0. The van der Waals surface area contributed by atoms with Gasteiger partial charge in [0.1, 0.15) is 38.1 Å². The van der Waals surface area contributed by atoms with Crippen molar-refractivity contribution in [2.75, 3.05) is 22.9 Å². The van der Waals surface area contributed by atoms with E-state index in [1.807, 2.05) is 105 Å². The smallest absolute Gasteiger partial charge is 0.357 e. The fourth-order valence-electron chi connectivity index (χ4n) is 8.24. The van der Waals surface area contributed by atoms with Crippen molar-refractivity contribution in [1.29, 1.82) is 0 Å². The molecule has 0 spiro atoms. The molecule has 6 aromatic rings. The standard InChI is InChI=1S/C16H18N2OS.C15H25N3O3S.C10H14N2O.C9H11ClN2O3S.C7H8S.C6H15N.C5H6Cl2N2O2.CH4.Pd/c1-11(2)16(19)15-14(17)8-13(9-18-15)20-10-12-6-4-3-5-7-12;1-9(2)15(19)14-13(16)7-12(8-17-14)22(20,21)18(10(3)4)11(5)6;1-6(2)10(13)9-8(11)4-7(3)5-12-9;1-5(2)9(13)8-7(11)3-6(4-12-8)16(10,14)15;8-6-7-4-2-1-3-5-7;1-5(2)7-6(3)4;1-5(2)3(10)8(6)4(11)9(5)7;;/h3-9,11H,10,17H2,1-2H3;7-11H,16H2,1-6H3;4-6H,11H2,1-3H3;3-5H,11H2,1-2H3;1-5,8H,6H2;5-7H,1-4H3;1-2H3;1H4;. The molecule has 0 radical (unpaired) electrons. The molecule has 0 atom stereocenters. The molecule has 2 aromatic carbocycles. The van der Waals surface area contributed by atoms with Crippen LogP contribution in [-0.2, 0) is 55.8 Å². The second kappa shape index (κ2) is 44.3. The van der Waals surface area contributed by atoms with Crippen LogP contribution >= 0.6 is 58.6 Å². The number of aryl methyl sites for hydroxylation is 1. The summed E-state index contributed by atoms with van der Waals surface area (Å²) < 4.78 is 50.1. The van der Waals surface area contributed by atoms with Gasteiger partial charge in [0.2, 0.25) is 10.0 Å². The minimum absolute atomic E-state index is 0. The number of nitrogens with one attached hydrogen (secondary N) is 1. The molecule has 1 aliphatic heterocycles. The summed E-state index contributed by atoms with van der Waals surface area (Å²) in [7, 11) is -2.46. The van der Waals surface area contributed by atoms with E-state index < -0.39 is 36.6 Å². The van der Waals surface area contributed by atoms with Gasteiger partial charge in [-0.3, -0.25) is 29.0 Å². The van der Waals surface area contributed by atoms with E-state index >= 15 is 0 Å². The maximum Gasteiger partial charge on any atom is 0.357 e. The summed E-state index contributed by atoms with van der Waals surface area (Å²) in [6, 6.07) is 26.6. The normalized spacial score (nSPS) is 12.4. The Kier molecular flexibility index (Phi) is 42.5. The molecule has 7 rings (SSSR count). The summed E-state index contributed by atoms with van der Waals surface area (Å²) in [4.78, 5) is 85.7. The molecule has 0 bridgehead atoms. The predicted octanol–water partition coefficient (Wildman–Crippen LogP) is 14.8. The molecule has 0 aliphatic carbocycles. The van der Waals surface area contributed by atoms with Gasteiger partial charge in [-0.05, 0) is 89.4 Å². The third-order valence-electron chi connectivity index (χ3n) is 13.1. The van der Waals surface area contributed by atoms with Gasteiger partial charge in [-0.1, -0.05) is 151 Å². The van der Waals surface area contributed by atoms with Crippen LogP contribution in [0.3, 0.4) is 0 Å². The number of thioether (sulfide) groups is 1. The first-order chi connectivity index (χ1) is 44.8. The summed E-state index contributed by atoms with van der Waals surface area (Å²) in [5, 5.41) is 3.31. The predicted molar refractivity (Wildman–Crippen MR) is 403 cm³/mol. The third kappa shape index (κ3) is 31.0. The van der Waals surface area contributed by atoms with Crippen LogP contribution in [-0.4, -0.2) is 115 Å². The van der Waals surface area contributed by atoms with Gasteiger partial charge < -0.3 is 28.3 Å². The van der Waals surface area contributed by atoms with Crippen molar-refractivity contribution in [2.24, 2.45) is 23.7 Å². The van der Waals surface area contributed by atoms with Gasteiger partial charge in [-0.25, -0.2) is 41.0 Å². The zero-order chi connectivity index (χ0) is 74.8. The van der Waals surface area contributed by atoms with Crippen molar-refractivity contribution >= 4 is 136 Å². The minimum Gasteiger partial charge on any atom is -0.397 e. The molecule has 3 amide bonds. The monoisotopic (exact) mass is 1600 g/mol. The molecule has 99 heavy (non-hydrogen) atoms. The third-order valence-corrected chi connectivity index (χ3v) is 18.9. The number of pyridine rings is 4. The number of urea groups is 1. The number of hydrogen-bond acceptors (Lipinski definition) is 21. The van der Waals surface area contributed by atoms with Crippen LogP contribution < -0.4 is 28.3 Å². The number of benzene rings is 2. The van der Waals surface area contributed by atoms with Gasteiger partial charge in [-0.15, -0.1) is 11.8 Å². The Morgan fingerprint density at radius 2 is 0.909 bits per heavy atom. The molecule has 30 heteroatoms. The number of ketones is 4. The first-order valence-electron chi connectivity index (χ1n) is 31.0. The van der Waals surface area contributed by atoms with Gasteiger partial charge in [-0.2, -0.15) is 21.4 Å². The Balaban J connectivity index is 0. The van der Waals surface area contributed by atoms with E-state index in [0.717, 1.165) is 38.6 Å². The molecule has 0 unspecified atom stereocenters. The molecule has 0 saturated carbocycles. The summed E-state index contributed by atoms with van der Waals surface area (Å²) >= 11 is 16.6. The number of rotatable bonds is 19. The largest absolute Gasteiger partial charge is 0.397 e. The first-order valence-corrected chi connectivity index (χ1v) is 37.0. The van der Waals surface area contributed by atoms with Crippen LogP contribution in [0.5, 0.6) is 0 Å². The second-order valence-electron chi connectivity index (χ2n) is 24.9. The summed E-state index contributed by atoms with van der Waals surface area (Å²) in [6.45, 7) is 35.0. The number of aromatic nitrogens is 4. The van der Waals surface area contributed by atoms with Crippen LogP contribution in [0.2, 0.25) is 0 Å². The number of hydrogen-bond donors (Lipinski definition) is 6. The molecule has 1 aliphatic rings. The Hall–Kier alpha value is -6.09. The average molecular weight is 1600 g/mol. The van der Waals surface area contributed by atoms with Crippen molar-refractivity contribution in [2.45, 2.75) is 195 Å². The number of carbonyl (C=O) groups is 6. The van der Waals surface area contributed by atoms with Crippen molar-refractivity contribution in [3.05, 3.63) is 149 Å². The van der Waals surface area contributed by atoms with Gasteiger partial charge in [0.15, 0.2) is 23.1 Å². The Bertz CT molecular complexity index is 3810. The number of thiol groups is 1. The number of sulfonamides is 1. The van der Waals surface area contributed by atoms with Crippen LogP contribution in [0.15, 0.2) is 124 Å². The molecular formula is C69H101Cl3N12O10PdS4. The Morgan fingerprint density at radius 3 is 1.18 bits per heavy atom. The van der Waals surface area contributed by atoms with Gasteiger partial charge >= 0.3 is 6.03 Å². The number of Topliss-reactive ketones (excluding diaryl/α,β-unsaturated/α-hetero) is 4. The number of anilines is 4. The maximum absolute atomic E-state index is 12.7. The SMILES string of the molecule is C.CC(C)C(=O)c1ncc(S(=O)(=O)Cl)cc1N.CC(C)C(=O)c1ncc(S(=O)(=O)N(C(C)C)C(C)C)cc1N.CC(C)C(=O)c1ncc(SCc2ccccc2)cc1N.CC(C)NC(C)C.CC1(C)C(=O)N(Cl)C(=O)N1Cl.Cc1cnc(C(=O)C(C)C)c(N)c1.SCc1ccccc1.[Pd]. The van der Waals surface area contributed by atoms with E-state index in [9.17, 15) is 45.6 Å². The number of nitrogens with zero attached hydrogens (tertiary/aromatic N) is 7. The molecule has 22 nitrogen and oxygen atoms in total. The quantitative estimate of drug-likeness (QED) is 0.00834. The van der Waals surface area contributed by atoms with Crippen molar-refractivity contribution in [3.8, 4) is 0 Å². The maximum atomic E-state index is 12.7. The Labute approximate surface area is 625 Å². The van der Waals surface area contributed by atoms with Crippen molar-refractivity contribution in [1.82, 2.24) is 38.4 Å².